The maximum Gasteiger partial charge on any atom is 0.254 e. The van der Waals surface area contributed by atoms with Crippen LogP contribution in [0.5, 0.6) is 0 Å². The van der Waals surface area contributed by atoms with Crippen molar-refractivity contribution >= 4 is 29.2 Å². The minimum Gasteiger partial charge on any atom is -0.368 e. The molecule has 32 heavy (non-hydrogen) atoms. The topological polar surface area (TPSA) is 80.7 Å². The second kappa shape index (κ2) is 9.23. The number of hydrogen-bond acceptors (Lipinski definition) is 4. The highest BCUT2D eigenvalue weighted by Gasteiger charge is 2.27. The van der Waals surface area contributed by atoms with Crippen LogP contribution in [-0.4, -0.2) is 33.1 Å². The number of imidazole rings is 1. The van der Waals surface area contributed by atoms with Crippen molar-refractivity contribution in [3.05, 3.63) is 102 Å². The molecule has 1 unspecified atom stereocenters. The number of halogens is 1. The number of amides is 2. The minimum atomic E-state index is -1.07. The molecule has 0 spiro atoms. The lowest BCUT2D eigenvalue weighted by molar-refractivity contribution is -0.122. The maximum atomic E-state index is 13.6. The van der Waals surface area contributed by atoms with Gasteiger partial charge in [0.1, 0.15) is 17.5 Å². The predicted octanol–water partition coefficient (Wildman–Crippen LogP) is 4.06. The van der Waals surface area contributed by atoms with E-state index >= 15 is 0 Å². The third-order valence-corrected chi connectivity index (χ3v) is 6.09. The van der Waals surface area contributed by atoms with E-state index in [9.17, 15) is 14.0 Å². The summed E-state index contributed by atoms with van der Waals surface area (Å²) in [6, 6.07) is 17.4. The summed E-state index contributed by atoms with van der Waals surface area (Å²) in [6.07, 6.45) is 3.95. The predicted molar refractivity (Wildman–Crippen MR) is 122 cm³/mol. The first kappa shape index (κ1) is 21.6. The summed E-state index contributed by atoms with van der Waals surface area (Å²) in [5.41, 5.74) is 8.11. The first-order chi connectivity index (χ1) is 15.4. The van der Waals surface area contributed by atoms with Crippen molar-refractivity contribution in [2.45, 2.75) is 16.7 Å². The van der Waals surface area contributed by atoms with Gasteiger partial charge in [0.2, 0.25) is 5.91 Å². The van der Waals surface area contributed by atoms with Crippen LogP contribution >= 0.6 is 11.8 Å². The number of carbonyl (C=O) groups excluding carboxylic acids is 2. The summed E-state index contributed by atoms with van der Waals surface area (Å²) in [5, 5.41) is 0. The zero-order valence-electron chi connectivity index (χ0n) is 17.3. The van der Waals surface area contributed by atoms with Crippen LogP contribution in [0.3, 0.4) is 0 Å². The van der Waals surface area contributed by atoms with Crippen LogP contribution in [0.2, 0.25) is 0 Å². The number of carbonyl (C=O) groups is 2. The summed E-state index contributed by atoms with van der Waals surface area (Å²) in [5.74, 6) is -0.916. The Labute approximate surface area is 188 Å². The third-order valence-electron chi connectivity index (χ3n) is 5.04. The van der Waals surface area contributed by atoms with Gasteiger partial charge in [-0.2, -0.15) is 0 Å². The molecular formula is C24H21FN4O2S. The van der Waals surface area contributed by atoms with E-state index < -0.39 is 17.8 Å². The Morgan fingerprint density at radius 3 is 2.59 bits per heavy atom. The number of likely N-dealkylation sites (N-methyl/N-ethyl adjacent to an activating group) is 1. The largest absolute Gasteiger partial charge is 0.368 e. The van der Waals surface area contributed by atoms with E-state index in [1.54, 1.807) is 30.0 Å². The number of aromatic nitrogens is 2. The molecule has 0 aliphatic rings. The summed E-state index contributed by atoms with van der Waals surface area (Å²) >= 11 is 1.61. The van der Waals surface area contributed by atoms with Crippen molar-refractivity contribution in [3.8, 4) is 0 Å². The molecule has 2 N–H and O–H groups in total. The molecule has 0 bridgehead atoms. The van der Waals surface area contributed by atoms with Crippen molar-refractivity contribution in [2.75, 3.05) is 7.05 Å². The van der Waals surface area contributed by atoms with Gasteiger partial charge in [-0.05, 0) is 54.1 Å². The molecular weight excluding hydrogens is 427 g/mol. The van der Waals surface area contributed by atoms with Crippen molar-refractivity contribution < 1.29 is 14.0 Å². The van der Waals surface area contributed by atoms with Gasteiger partial charge in [0.05, 0.1) is 5.69 Å². The molecule has 2 aromatic carbocycles. The number of nitrogens with zero attached hydrogens (tertiary/aromatic N) is 3. The number of pyridine rings is 1. The highest BCUT2D eigenvalue weighted by atomic mass is 32.2. The highest BCUT2D eigenvalue weighted by Crippen LogP contribution is 2.25. The number of thioether (sulfide) groups is 1. The van der Waals surface area contributed by atoms with E-state index in [2.05, 4.69) is 4.98 Å². The normalized spacial score (nSPS) is 11.9. The van der Waals surface area contributed by atoms with Gasteiger partial charge in [0.15, 0.2) is 0 Å². The smallest absolute Gasteiger partial charge is 0.254 e. The van der Waals surface area contributed by atoms with Gasteiger partial charge in [-0.25, -0.2) is 9.37 Å². The van der Waals surface area contributed by atoms with Gasteiger partial charge in [0, 0.05) is 35.7 Å². The summed E-state index contributed by atoms with van der Waals surface area (Å²) in [7, 11) is 1.48. The fraction of sp³-hybridized carbons (Fsp3) is 0.125. The van der Waals surface area contributed by atoms with Gasteiger partial charge in [-0.15, -0.1) is 11.8 Å². The molecule has 4 aromatic rings. The maximum absolute atomic E-state index is 13.6. The first-order valence-electron chi connectivity index (χ1n) is 9.90. The van der Waals surface area contributed by atoms with E-state index in [0.717, 1.165) is 16.2 Å². The molecule has 2 aromatic heterocycles. The molecule has 4 rings (SSSR count). The summed E-state index contributed by atoms with van der Waals surface area (Å²) in [4.78, 5) is 31.8. The Hall–Kier alpha value is -3.65. The number of fused-ring (bicyclic) bond motifs is 1. The Balaban J connectivity index is 1.45. The SMILES string of the molecule is CN(C(=O)c1ccc(SCc2cn3ccccc3n2)cc1)C(C(N)=O)c1cccc(F)c1. The van der Waals surface area contributed by atoms with Crippen LogP contribution in [0, 0.1) is 5.82 Å². The Morgan fingerprint density at radius 2 is 1.91 bits per heavy atom. The van der Waals surface area contributed by atoms with Crippen LogP contribution in [0.4, 0.5) is 4.39 Å². The number of primary amides is 1. The zero-order chi connectivity index (χ0) is 22.7. The molecule has 0 saturated carbocycles. The highest BCUT2D eigenvalue weighted by molar-refractivity contribution is 7.98. The lowest BCUT2D eigenvalue weighted by Gasteiger charge is -2.26. The molecule has 2 heterocycles. The van der Waals surface area contributed by atoms with Gasteiger partial charge in [-0.3, -0.25) is 9.59 Å². The third kappa shape index (κ3) is 4.65. The fourth-order valence-electron chi connectivity index (χ4n) is 3.48. The van der Waals surface area contributed by atoms with Crippen molar-refractivity contribution in [3.63, 3.8) is 0 Å². The van der Waals surface area contributed by atoms with Crippen molar-refractivity contribution in [1.29, 1.82) is 0 Å². The number of rotatable bonds is 7. The van der Waals surface area contributed by atoms with Crippen LogP contribution < -0.4 is 5.73 Å². The van der Waals surface area contributed by atoms with E-state index in [-0.39, 0.29) is 5.91 Å². The number of nitrogens with two attached hydrogens (primary N) is 1. The van der Waals surface area contributed by atoms with Crippen LogP contribution in [0.1, 0.15) is 27.7 Å². The van der Waals surface area contributed by atoms with E-state index in [1.165, 1.54) is 30.1 Å². The van der Waals surface area contributed by atoms with Gasteiger partial charge in [0.25, 0.3) is 5.91 Å². The lowest BCUT2D eigenvalue weighted by atomic mass is 10.0. The molecule has 1 atom stereocenters. The number of hydrogen-bond donors (Lipinski definition) is 1. The minimum absolute atomic E-state index is 0.327. The molecule has 162 valence electrons. The van der Waals surface area contributed by atoms with Crippen LogP contribution in [-0.2, 0) is 10.5 Å². The van der Waals surface area contributed by atoms with E-state index in [1.807, 2.05) is 47.1 Å². The Morgan fingerprint density at radius 1 is 1.12 bits per heavy atom. The summed E-state index contributed by atoms with van der Waals surface area (Å²) < 4.78 is 15.6. The average molecular weight is 449 g/mol. The molecule has 2 amide bonds. The second-order valence-electron chi connectivity index (χ2n) is 7.29. The van der Waals surface area contributed by atoms with Crippen LogP contribution in [0.25, 0.3) is 5.65 Å². The molecule has 0 aliphatic carbocycles. The zero-order valence-corrected chi connectivity index (χ0v) is 18.1. The molecule has 0 fully saturated rings. The first-order valence-corrected chi connectivity index (χ1v) is 10.9. The molecule has 0 saturated heterocycles. The molecule has 8 heteroatoms. The molecule has 6 nitrogen and oxygen atoms in total. The molecule has 0 aliphatic heterocycles. The molecule has 0 radical (unpaired) electrons. The van der Waals surface area contributed by atoms with Gasteiger partial charge >= 0.3 is 0 Å². The standard InChI is InChI=1S/C24H21FN4O2S/c1-28(22(23(26)30)17-5-4-6-18(25)13-17)24(31)16-8-10-20(11-9-16)32-15-19-14-29-12-3-2-7-21(29)27-19/h2-14,22H,15H2,1H3,(H2,26,30). The van der Waals surface area contributed by atoms with Crippen molar-refractivity contribution in [1.82, 2.24) is 14.3 Å². The van der Waals surface area contributed by atoms with Crippen LogP contribution in [0.15, 0.2) is 84.0 Å². The van der Waals surface area contributed by atoms with E-state index in [0.29, 0.717) is 16.9 Å². The van der Waals surface area contributed by atoms with Gasteiger partial charge in [-0.1, -0.05) is 18.2 Å². The van der Waals surface area contributed by atoms with Crippen molar-refractivity contribution in [2.24, 2.45) is 5.73 Å². The second-order valence-corrected chi connectivity index (χ2v) is 8.34. The quantitative estimate of drug-likeness (QED) is 0.432. The van der Waals surface area contributed by atoms with Gasteiger partial charge < -0.3 is 15.0 Å². The van der Waals surface area contributed by atoms with E-state index in [4.69, 9.17) is 5.73 Å². The fourth-order valence-corrected chi connectivity index (χ4v) is 4.27. The monoisotopic (exact) mass is 448 g/mol. The Bertz CT molecular complexity index is 1240. The number of benzene rings is 2. The average Bonchev–Trinajstić information content (AvgIpc) is 3.20. The summed E-state index contributed by atoms with van der Waals surface area (Å²) in [6.45, 7) is 0. The lowest BCUT2D eigenvalue weighted by Crippen LogP contribution is -2.39. The Kier molecular flexibility index (Phi) is 6.23.